The van der Waals surface area contributed by atoms with Crippen molar-refractivity contribution < 1.29 is 9.21 Å². The fraction of sp³-hybridized carbons (Fsp3) is 0.300. The largest absolute Gasteiger partial charge is 0.459 e. The number of hydrogen-bond acceptors (Lipinski definition) is 6. The van der Waals surface area contributed by atoms with Crippen molar-refractivity contribution in [3.05, 3.63) is 68.2 Å². The number of fused-ring (bicyclic) bond motifs is 1. The number of carbonyl (C=O) groups excluding carboxylic acids is 1. The Kier molecular flexibility index (Phi) is 5.30. The maximum atomic E-state index is 13.0. The van der Waals surface area contributed by atoms with E-state index in [0.717, 1.165) is 17.7 Å². The molecule has 4 heterocycles. The Morgan fingerprint density at radius 2 is 2.17 bits per heavy atom. The maximum absolute atomic E-state index is 13.0. The number of aryl methyl sites for hydroxylation is 1. The van der Waals surface area contributed by atoms with E-state index in [1.165, 1.54) is 27.0 Å². The number of furan rings is 1. The molecular weight excluding hydrogens is 390 g/mol. The zero-order valence-electron chi connectivity index (χ0n) is 16.2. The van der Waals surface area contributed by atoms with Crippen molar-refractivity contribution in [1.29, 1.82) is 0 Å². The normalized spacial score (nSPS) is 11.2. The number of aromatic amines is 1. The fourth-order valence-electron chi connectivity index (χ4n) is 3.14. The summed E-state index contributed by atoms with van der Waals surface area (Å²) in [6.07, 6.45) is 4.01. The van der Waals surface area contributed by atoms with Crippen LogP contribution in [0, 0.1) is 6.92 Å². The zero-order valence-corrected chi connectivity index (χ0v) is 17.0. The first-order valence-corrected chi connectivity index (χ1v) is 10.3. The summed E-state index contributed by atoms with van der Waals surface area (Å²) in [7, 11) is 0. The van der Waals surface area contributed by atoms with Crippen LogP contribution in [0.2, 0.25) is 0 Å². The molecule has 1 amide bonds. The van der Waals surface area contributed by atoms with Gasteiger partial charge in [0, 0.05) is 10.4 Å². The molecule has 29 heavy (non-hydrogen) atoms. The SMILES string of the molecule is CCCCc1c(C)nc2nc(N(Cc3cccs3)C(=O)c3ccco3)[nH]n2c1=O. The van der Waals surface area contributed by atoms with E-state index in [-0.39, 0.29) is 29.0 Å². The summed E-state index contributed by atoms with van der Waals surface area (Å²) in [5, 5.41) is 4.91. The van der Waals surface area contributed by atoms with Gasteiger partial charge in [-0.15, -0.1) is 11.3 Å². The molecule has 0 fully saturated rings. The van der Waals surface area contributed by atoms with E-state index in [1.807, 2.05) is 24.4 Å². The van der Waals surface area contributed by atoms with Gasteiger partial charge in [0.2, 0.25) is 5.95 Å². The van der Waals surface area contributed by atoms with Crippen LogP contribution in [0.5, 0.6) is 0 Å². The molecule has 0 aliphatic heterocycles. The average Bonchev–Trinajstić information content (AvgIpc) is 3.46. The molecule has 0 atom stereocenters. The van der Waals surface area contributed by atoms with Gasteiger partial charge >= 0.3 is 0 Å². The highest BCUT2D eigenvalue weighted by molar-refractivity contribution is 7.09. The van der Waals surface area contributed by atoms with Crippen molar-refractivity contribution in [3.8, 4) is 0 Å². The minimum Gasteiger partial charge on any atom is -0.459 e. The number of unbranched alkanes of at least 4 members (excludes halogenated alkanes) is 1. The summed E-state index contributed by atoms with van der Waals surface area (Å²) in [5.41, 5.74) is 1.16. The summed E-state index contributed by atoms with van der Waals surface area (Å²) in [6.45, 7) is 4.20. The van der Waals surface area contributed by atoms with Gasteiger partial charge in [-0.25, -0.2) is 4.98 Å². The van der Waals surface area contributed by atoms with Crippen LogP contribution >= 0.6 is 11.3 Å². The number of hydrogen-bond donors (Lipinski definition) is 1. The van der Waals surface area contributed by atoms with Gasteiger partial charge in [-0.3, -0.25) is 19.6 Å². The lowest BCUT2D eigenvalue weighted by Gasteiger charge is -2.17. The molecule has 0 saturated heterocycles. The van der Waals surface area contributed by atoms with E-state index in [2.05, 4.69) is 22.0 Å². The maximum Gasteiger partial charge on any atom is 0.296 e. The molecule has 4 aromatic rings. The predicted molar refractivity (Wildman–Crippen MR) is 110 cm³/mol. The van der Waals surface area contributed by atoms with Gasteiger partial charge in [0.15, 0.2) is 5.76 Å². The number of nitrogens with one attached hydrogen (secondary N) is 1. The summed E-state index contributed by atoms with van der Waals surface area (Å²) in [5.74, 6) is 0.336. The van der Waals surface area contributed by atoms with Crippen molar-refractivity contribution in [3.63, 3.8) is 0 Å². The first kappa shape index (κ1) is 19.1. The minimum absolute atomic E-state index is 0.179. The minimum atomic E-state index is -0.349. The number of amides is 1. The van der Waals surface area contributed by atoms with Crippen LogP contribution < -0.4 is 10.5 Å². The molecular formula is C20H21N5O3S. The lowest BCUT2D eigenvalue weighted by atomic mass is 10.1. The molecule has 9 heteroatoms. The highest BCUT2D eigenvalue weighted by Gasteiger charge is 2.25. The highest BCUT2D eigenvalue weighted by Crippen LogP contribution is 2.20. The van der Waals surface area contributed by atoms with E-state index >= 15 is 0 Å². The summed E-state index contributed by atoms with van der Waals surface area (Å²) in [4.78, 5) is 37.3. The Labute approximate surface area is 170 Å². The van der Waals surface area contributed by atoms with Gasteiger partial charge in [-0.2, -0.15) is 9.50 Å². The standard InChI is InChI=1S/C20H21N5O3S/c1-3-4-8-15-13(2)21-19-22-20(23-25(19)17(15)26)24(12-14-7-6-11-29-14)18(27)16-9-5-10-28-16/h5-7,9-11H,3-4,8,12H2,1-2H3,(H,21,22,23). The quantitative estimate of drug-likeness (QED) is 0.501. The Morgan fingerprint density at radius 1 is 1.31 bits per heavy atom. The number of H-pyrrole nitrogens is 1. The van der Waals surface area contributed by atoms with E-state index < -0.39 is 0 Å². The molecule has 4 aromatic heterocycles. The molecule has 0 aromatic carbocycles. The van der Waals surface area contributed by atoms with Crippen molar-refractivity contribution in [1.82, 2.24) is 19.6 Å². The van der Waals surface area contributed by atoms with Gasteiger partial charge < -0.3 is 4.42 Å². The van der Waals surface area contributed by atoms with Gasteiger partial charge in [-0.05, 0) is 43.3 Å². The van der Waals surface area contributed by atoms with E-state index in [9.17, 15) is 9.59 Å². The van der Waals surface area contributed by atoms with Gasteiger partial charge in [0.05, 0.1) is 18.5 Å². The molecule has 0 unspecified atom stereocenters. The van der Waals surface area contributed by atoms with Crippen molar-refractivity contribution >= 4 is 29.0 Å². The molecule has 0 saturated carbocycles. The summed E-state index contributed by atoms with van der Waals surface area (Å²) < 4.78 is 6.59. The lowest BCUT2D eigenvalue weighted by Crippen LogP contribution is -2.31. The van der Waals surface area contributed by atoms with Crippen LogP contribution in [-0.2, 0) is 13.0 Å². The monoisotopic (exact) mass is 411 g/mol. The Bertz CT molecular complexity index is 1180. The smallest absolute Gasteiger partial charge is 0.296 e. The first-order valence-electron chi connectivity index (χ1n) is 9.44. The molecule has 0 aliphatic rings. The average molecular weight is 411 g/mol. The van der Waals surface area contributed by atoms with Gasteiger partial charge in [-0.1, -0.05) is 19.4 Å². The lowest BCUT2D eigenvalue weighted by molar-refractivity contribution is 0.0957. The van der Waals surface area contributed by atoms with Gasteiger partial charge in [0.1, 0.15) is 0 Å². The number of aromatic nitrogens is 4. The summed E-state index contributed by atoms with van der Waals surface area (Å²) in [6, 6.07) is 7.12. The molecule has 0 spiro atoms. The number of thiophene rings is 1. The highest BCUT2D eigenvalue weighted by atomic mass is 32.1. The summed E-state index contributed by atoms with van der Waals surface area (Å²) >= 11 is 1.53. The number of carbonyl (C=O) groups is 1. The Morgan fingerprint density at radius 3 is 2.86 bits per heavy atom. The molecule has 0 aliphatic carbocycles. The van der Waals surface area contributed by atoms with Crippen molar-refractivity contribution in [2.24, 2.45) is 0 Å². The fourth-order valence-corrected chi connectivity index (χ4v) is 3.83. The van der Waals surface area contributed by atoms with Gasteiger partial charge in [0.25, 0.3) is 17.2 Å². The zero-order chi connectivity index (χ0) is 20.4. The second kappa shape index (κ2) is 8.04. The molecule has 1 N–H and O–H groups in total. The van der Waals surface area contributed by atoms with Crippen LogP contribution in [0.4, 0.5) is 5.95 Å². The van der Waals surface area contributed by atoms with E-state index in [4.69, 9.17) is 4.42 Å². The van der Waals surface area contributed by atoms with Crippen molar-refractivity contribution in [2.45, 2.75) is 39.7 Å². The Balaban J connectivity index is 1.78. The predicted octanol–water partition coefficient (Wildman–Crippen LogP) is 3.57. The second-order valence-electron chi connectivity index (χ2n) is 6.72. The third-order valence-electron chi connectivity index (χ3n) is 4.69. The van der Waals surface area contributed by atoms with Crippen molar-refractivity contribution in [2.75, 3.05) is 4.90 Å². The Hall–Kier alpha value is -3.20. The first-order chi connectivity index (χ1) is 14.1. The molecule has 0 radical (unpaired) electrons. The third kappa shape index (κ3) is 3.73. The van der Waals surface area contributed by atoms with E-state index in [1.54, 1.807) is 12.1 Å². The molecule has 4 rings (SSSR count). The second-order valence-corrected chi connectivity index (χ2v) is 7.75. The van der Waals surface area contributed by atoms with Crippen LogP contribution in [0.25, 0.3) is 5.78 Å². The molecule has 150 valence electrons. The molecule has 0 bridgehead atoms. The van der Waals surface area contributed by atoms with Crippen LogP contribution in [0.15, 0.2) is 45.1 Å². The number of anilines is 1. The van der Waals surface area contributed by atoms with Crippen LogP contribution in [0.1, 0.15) is 46.5 Å². The number of rotatable bonds is 7. The van der Waals surface area contributed by atoms with Crippen LogP contribution in [0.3, 0.4) is 0 Å². The van der Waals surface area contributed by atoms with Crippen LogP contribution in [-0.4, -0.2) is 25.5 Å². The molecule has 8 nitrogen and oxygen atoms in total. The topological polar surface area (TPSA) is 96.5 Å². The third-order valence-corrected chi connectivity index (χ3v) is 5.55. The van der Waals surface area contributed by atoms with E-state index in [0.29, 0.717) is 24.2 Å². The number of nitrogens with zero attached hydrogens (tertiary/aromatic N) is 4.